The zero-order valence-corrected chi connectivity index (χ0v) is 14.7. The molecule has 0 N–H and O–H groups in total. The first-order chi connectivity index (χ1) is 10.3. The number of hydrogen-bond donors (Lipinski definition) is 0. The Bertz CT molecular complexity index is 581. The molecule has 1 saturated carbocycles. The van der Waals surface area contributed by atoms with Crippen molar-refractivity contribution in [1.29, 1.82) is 0 Å². The Morgan fingerprint density at radius 3 is 2.36 bits per heavy atom. The van der Waals surface area contributed by atoms with E-state index < -0.39 is 5.97 Å². The summed E-state index contributed by atoms with van der Waals surface area (Å²) in [6, 6.07) is 4.64. The van der Waals surface area contributed by atoms with Gasteiger partial charge in [0.05, 0.1) is 21.3 Å². The number of rotatable bonds is 2. The minimum atomic E-state index is -0.510. The van der Waals surface area contributed by atoms with Crippen LogP contribution in [0.3, 0.4) is 0 Å². The molecule has 0 heterocycles. The van der Waals surface area contributed by atoms with Crippen LogP contribution in [0.25, 0.3) is 0 Å². The van der Waals surface area contributed by atoms with Crippen LogP contribution < -0.4 is 0 Å². The van der Waals surface area contributed by atoms with Gasteiger partial charge in [0, 0.05) is 0 Å². The largest absolute Gasteiger partial charge is 0.365 e. The van der Waals surface area contributed by atoms with Gasteiger partial charge in [0.1, 0.15) is 0 Å². The number of nitrogens with zero attached hydrogens (tertiary/aromatic N) is 1. The van der Waals surface area contributed by atoms with Crippen molar-refractivity contribution in [2.75, 3.05) is 0 Å². The van der Waals surface area contributed by atoms with Crippen molar-refractivity contribution in [3.63, 3.8) is 0 Å². The van der Waals surface area contributed by atoms with E-state index in [-0.39, 0.29) is 0 Å². The van der Waals surface area contributed by atoms with E-state index in [1.807, 2.05) is 0 Å². The van der Waals surface area contributed by atoms with Gasteiger partial charge in [-0.05, 0) is 55.2 Å². The normalized spacial score (nSPS) is 19.0. The summed E-state index contributed by atoms with van der Waals surface area (Å²) in [6.45, 7) is 6.80. The molecule has 1 aliphatic rings. The first-order valence-electron chi connectivity index (χ1n) is 7.49. The van der Waals surface area contributed by atoms with Gasteiger partial charge in [0.25, 0.3) is 0 Å². The highest BCUT2D eigenvalue weighted by atomic mass is 35.5. The number of hydrogen-bond acceptors (Lipinski definition) is 3. The van der Waals surface area contributed by atoms with Crippen molar-refractivity contribution < 1.29 is 9.63 Å². The van der Waals surface area contributed by atoms with Gasteiger partial charge >= 0.3 is 5.97 Å². The third-order valence-corrected chi connectivity index (χ3v) is 4.94. The highest BCUT2D eigenvalue weighted by Gasteiger charge is 2.28. The first kappa shape index (κ1) is 17.3. The van der Waals surface area contributed by atoms with Gasteiger partial charge in [-0.25, -0.2) is 4.79 Å². The number of carbonyl (C=O) groups excluding carboxylic acids is 1. The molecule has 1 aromatic rings. The lowest BCUT2D eigenvalue weighted by molar-refractivity contribution is 0.0512. The fraction of sp³-hybridized carbons (Fsp3) is 0.529. The van der Waals surface area contributed by atoms with E-state index in [4.69, 9.17) is 28.0 Å². The Balaban J connectivity index is 1.92. The van der Waals surface area contributed by atoms with E-state index in [1.165, 1.54) is 6.07 Å². The van der Waals surface area contributed by atoms with E-state index in [9.17, 15) is 4.79 Å². The van der Waals surface area contributed by atoms with Gasteiger partial charge in [-0.1, -0.05) is 49.1 Å². The highest BCUT2D eigenvalue weighted by Crippen LogP contribution is 2.36. The summed E-state index contributed by atoms with van der Waals surface area (Å²) in [5, 5.41) is 4.75. The van der Waals surface area contributed by atoms with E-state index in [1.54, 1.807) is 12.1 Å². The van der Waals surface area contributed by atoms with Crippen LogP contribution in [0.4, 0.5) is 0 Å². The fourth-order valence-electron chi connectivity index (χ4n) is 2.69. The Morgan fingerprint density at radius 2 is 1.82 bits per heavy atom. The SMILES string of the molecule is CC(C)(C)C1CCC(=NOC(=O)c2ccc(Cl)c(Cl)c2)CC1. The summed E-state index contributed by atoms with van der Waals surface area (Å²) in [7, 11) is 0. The minimum absolute atomic E-state index is 0.322. The molecule has 0 radical (unpaired) electrons. The molecule has 0 atom stereocenters. The Labute approximate surface area is 141 Å². The molecule has 0 unspecified atom stereocenters. The van der Waals surface area contributed by atoms with Gasteiger partial charge in [0.15, 0.2) is 0 Å². The summed E-state index contributed by atoms with van der Waals surface area (Å²) in [5.74, 6) is 0.182. The minimum Gasteiger partial charge on any atom is -0.313 e. The third kappa shape index (κ3) is 4.47. The smallest absolute Gasteiger partial charge is 0.313 e. The van der Waals surface area contributed by atoms with E-state index in [2.05, 4.69) is 25.9 Å². The quantitative estimate of drug-likeness (QED) is 0.507. The Hall–Kier alpha value is -1.06. The van der Waals surface area contributed by atoms with E-state index in [0.717, 1.165) is 31.4 Å². The van der Waals surface area contributed by atoms with Gasteiger partial charge in [0.2, 0.25) is 0 Å². The predicted molar refractivity (Wildman–Crippen MR) is 90.7 cm³/mol. The molecule has 0 saturated heterocycles. The molecule has 3 nitrogen and oxygen atoms in total. The topological polar surface area (TPSA) is 38.7 Å². The van der Waals surface area contributed by atoms with Crippen LogP contribution in [-0.2, 0) is 4.84 Å². The lowest BCUT2D eigenvalue weighted by Crippen LogP contribution is -2.26. The van der Waals surface area contributed by atoms with Gasteiger partial charge in [-0.15, -0.1) is 0 Å². The molecule has 1 aliphatic carbocycles. The molecule has 0 amide bonds. The van der Waals surface area contributed by atoms with Crippen LogP contribution in [0.2, 0.25) is 10.0 Å². The monoisotopic (exact) mass is 341 g/mol. The standard InChI is InChI=1S/C17H21Cl2NO2/c1-17(2,3)12-5-7-13(8-6-12)20-22-16(21)11-4-9-14(18)15(19)10-11/h4,9-10,12H,5-8H2,1-3H3. The van der Waals surface area contributed by atoms with Crippen molar-refractivity contribution >= 4 is 34.9 Å². The summed E-state index contributed by atoms with van der Waals surface area (Å²) in [5.41, 5.74) is 1.62. The fourth-order valence-corrected chi connectivity index (χ4v) is 2.99. The maximum atomic E-state index is 11.9. The maximum Gasteiger partial charge on any atom is 0.365 e. The molecular weight excluding hydrogens is 321 g/mol. The zero-order valence-electron chi connectivity index (χ0n) is 13.2. The summed E-state index contributed by atoms with van der Waals surface area (Å²) in [6.07, 6.45) is 3.95. The summed E-state index contributed by atoms with van der Waals surface area (Å²) in [4.78, 5) is 17.0. The number of benzene rings is 1. The molecule has 5 heteroatoms. The van der Waals surface area contributed by atoms with Crippen LogP contribution in [0, 0.1) is 11.3 Å². The second-order valence-corrected chi connectivity index (χ2v) is 7.62. The molecule has 22 heavy (non-hydrogen) atoms. The van der Waals surface area contributed by atoms with Crippen LogP contribution in [0.5, 0.6) is 0 Å². The molecular formula is C17H21Cl2NO2. The van der Waals surface area contributed by atoms with Gasteiger partial charge in [-0.3, -0.25) is 0 Å². The number of halogens is 2. The molecule has 0 spiro atoms. The average molecular weight is 342 g/mol. The second kappa shape index (κ2) is 7.01. The molecule has 1 aromatic carbocycles. The number of oxime groups is 1. The van der Waals surface area contributed by atoms with Gasteiger partial charge < -0.3 is 4.84 Å². The zero-order chi connectivity index (χ0) is 16.3. The Morgan fingerprint density at radius 1 is 1.18 bits per heavy atom. The second-order valence-electron chi connectivity index (χ2n) is 6.81. The summed E-state index contributed by atoms with van der Waals surface area (Å²) < 4.78 is 0. The van der Waals surface area contributed by atoms with Crippen LogP contribution >= 0.6 is 23.2 Å². The lowest BCUT2D eigenvalue weighted by Gasteiger charge is -2.33. The number of carbonyl (C=O) groups is 1. The molecule has 2 rings (SSSR count). The van der Waals surface area contributed by atoms with Crippen molar-refractivity contribution in [3.05, 3.63) is 33.8 Å². The third-order valence-electron chi connectivity index (χ3n) is 4.20. The maximum absolute atomic E-state index is 11.9. The predicted octanol–water partition coefficient (Wildman–Crippen LogP) is 5.74. The molecule has 120 valence electrons. The van der Waals surface area contributed by atoms with Crippen molar-refractivity contribution in [3.8, 4) is 0 Å². The molecule has 0 aromatic heterocycles. The highest BCUT2D eigenvalue weighted by molar-refractivity contribution is 6.42. The van der Waals surface area contributed by atoms with Crippen molar-refractivity contribution in [1.82, 2.24) is 0 Å². The molecule has 0 aliphatic heterocycles. The Kier molecular flexibility index (Phi) is 5.51. The van der Waals surface area contributed by atoms with Crippen molar-refractivity contribution in [2.45, 2.75) is 46.5 Å². The molecule has 1 fully saturated rings. The van der Waals surface area contributed by atoms with Crippen LogP contribution in [-0.4, -0.2) is 11.7 Å². The van der Waals surface area contributed by atoms with Gasteiger partial charge in [-0.2, -0.15) is 0 Å². The van der Waals surface area contributed by atoms with Crippen LogP contribution in [0.1, 0.15) is 56.8 Å². The first-order valence-corrected chi connectivity index (χ1v) is 8.25. The van der Waals surface area contributed by atoms with Crippen molar-refractivity contribution in [2.24, 2.45) is 16.5 Å². The average Bonchev–Trinajstić information content (AvgIpc) is 2.47. The van der Waals surface area contributed by atoms with E-state index >= 15 is 0 Å². The summed E-state index contributed by atoms with van der Waals surface area (Å²) >= 11 is 11.7. The van der Waals surface area contributed by atoms with E-state index in [0.29, 0.717) is 26.9 Å². The lowest BCUT2D eigenvalue weighted by atomic mass is 9.72. The van der Waals surface area contributed by atoms with Crippen LogP contribution in [0.15, 0.2) is 23.4 Å². The molecule has 0 bridgehead atoms.